The Morgan fingerprint density at radius 2 is 1.57 bits per heavy atom. The minimum Gasteiger partial charge on any atom is -0.507 e. The van der Waals surface area contributed by atoms with E-state index in [-0.39, 0.29) is 11.5 Å². The standard InChI is InChI=1S/C33H36O4/c1-35-21-13-14-22(30(17-21)36-2)25-18-24-26(19-31(25)37-3)32-23-11-7-8-12-27(23)33(28(32)20-29(24)34)15-9-5-4-6-10-16-33/h7-8,11-14,17-18,20,31,34H,4-6,9-10,15-16,19H2,1-3H3. The third kappa shape index (κ3) is 3.76. The molecule has 1 saturated carbocycles. The number of hydrogen-bond donors (Lipinski definition) is 1. The van der Waals surface area contributed by atoms with Crippen LogP contribution in [0, 0.1) is 0 Å². The van der Waals surface area contributed by atoms with E-state index in [0.29, 0.717) is 12.2 Å². The molecule has 1 atom stereocenters. The van der Waals surface area contributed by atoms with Gasteiger partial charge in [-0.15, -0.1) is 0 Å². The van der Waals surface area contributed by atoms with E-state index in [1.54, 1.807) is 21.3 Å². The van der Waals surface area contributed by atoms with Gasteiger partial charge in [0.15, 0.2) is 0 Å². The lowest BCUT2D eigenvalue weighted by Gasteiger charge is -2.35. The van der Waals surface area contributed by atoms with Crippen molar-refractivity contribution in [2.45, 2.75) is 62.9 Å². The van der Waals surface area contributed by atoms with Crippen LogP contribution in [0.25, 0.3) is 22.8 Å². The molecule has 4 nitrogen and oxygen atoms in total. The van der Waals surface area contributed by atoms with Crippen LogP contribution in [-0.4, -0.2) is 32.5 Å². The van der Waals surface area contributed by atoms with Gasteiger partial charge in [-0.2, -0.15) is 0 Å². The normalized spacial score (nSPS) is 19.8. The van der Waals surface area contributed by atoms with Gasteiger partial charge in [0.05, 0.1) is 20.3 Å². The first-order valence-electron chi connectivity index (χ1n) is 13.6. The van der Waals surface area contributed by atoms with E-state index in [9.17, 15) is 5.11 Å². The molecule has 0 amide bonds. The molecule has 192 valence electrons. The average molecular weight is 497 g/mol. The van der Waals surface area contributed by atoms with Crippen molar-refractivity contribution in [3.05, 3.63) is 76.3 Å². The highest BCUT2D eigenvalue weighted by Gasteiger charge is 2.45. The Bertz CT molecular complexity index is 1360. The highest BCUT2D eigenvalue weighted by atomic mass is 16.5. The Morgan fingerprint density at radius 1 is 0.811 bits per heavy atom. The first-order chi connectivity index (χ1) is 18.1. The molecule has 1 unspecified atom stereocenters. The van der Waals surface area contributed by atoms with Gasteiger partial charge in [0.1, 0.15) is 17.2 Å². The second-order valence-electron chi connectivity index (χ2n) is 10.7. The summed E-state index contributed by atoms with van der Waals surface area (Å²) in [6.07, 6.45) is 11.3. The summed E-state index contributed by atoms with van der Waals surface area (Å²) in [5, 5.41) is 11.5. The SMILES string of the molecule is COc1ccc(C2=Cc3c(O)cc4c(c3CC2OC)-c2ccccc2C42CCCCCCC2)c(OC)c1. The summed E-state index contributed by atoms with van der Waals surface area (Å²) < 4.78 is 17.2. The molecule has 0 heterocycles. The van der Waals surface area contributed by atoms with Crippen LogP contribution in [0.4, 0.5) is 0 Å². The van der Waals surface area contributed by atoms with Gasteiger partial charge in [-0.05, 0) is 70.5 Å². The molecule has 3 aromatic rings. The highest BCUT2D eigenvalue weighted by Crippen LogP contribution is 2.58. The zero-order chi connectivity index (χ0) is 25.6. The molecule has 3 aliphatic rings. The van der Waals surface area contributed by atoms with Crippen LogP contribution in [0.1, 0.15) is 72.8 Å². The maximum Gasteiger partial charge on any atom is 0.130 e. The van der Waals surface area contributed by atoms with E-state index >= 15 is 0 Å². The second kappa shape index (κ2) is 9.57. The van der Waals surface area contributed by atoms with Crippen LogP contribution < -0.4 is 9.47 Å². The number of methoxy groups -OCH3 is 3. The van der Waals surface area contributed by atoms with E-state index < -0.39 is 0 Å². The summed E-state index contributed by atoms with van der Waals surface area (Å²) in [7, 11) is 5.10. The molecular weight excluding hydrogens is 460 g/mol. The molecule has 0 bridgehead atoms. The summed E-state index contributed by atoms with van der Waals surface area (Å²) in [6, 6.07) is 16.9. The first kappa shape index (κ1) is 24.1. The molecule has 4 heteroatoms. The zero-order valence-corrected chi connectivity index (χ0v) is 22.1. The highest BCUT2D eigenvalue weighted by molar-refractivity contribution is 5.95. The molecule has 1 N–H and O–H groups in total. The van der Waals surface area contributed by atoms with E-state index in [4.69, 9.17) is 14.2 Å². The lowest BCUT2D eigenvalue weighted by Crippen LogP contribution is -2.27. The third-order valence-corrected chi connectivity index (χ3v) is 8.93. The summed E-state index contributed by atoms with van der Waals surface area (Å²) >= 11 is 0. The number of phenolic OH excluding ortho intramolecular Hbond substituents is 1. The molecule has 6 rings (SSSR count). The molecule has 37 heavy (non-hydrogen) atoms. The minimum atomic E-state index is -0.151. The average Bonchev–Trinajstić information content (AvgIpc) is 3.19. The summed E-state index contributed by atoms with van der Waals surface area (Å²) in [4.78, 5) is 0. The Hall–Kier alpha value is -3.24. The Kier molecular flexibility index (Phi) is 6.24. The van der Waals surface area contributed by atoms with E-state index in [1.165, 1.54) is 59.9 Å². The fourth-order valence-corrected chi connectivity index (χ4v) is 7.15. The van der Waals surface area contributed by atoms with Gasteiger partial charge in [-0.3, -0.25) is 0 Å². The molecular formula is C33H36O4. The zero-order valence-electron chi connectivity index (χ0n) is 22.1. The minimum absolute atomic E-state index is 0.00931. The maximum atomic E-state index is 11.5. The predicted molar refractivity (Wildman–Crippen MR) is 149 cm³/mol. The molecule has 3 aromatic carbocycles. The quantitative estimate of drug-likeness (QED) is 0.405. The van der Waals surface area contributed by atoms with Crippen molar-refractivity contribution in [1.82, 2.24) is 0 Å². The number of benzene rings is 3. The number of phenols is 1. The van der Waals surface area contributed by atoms with Crippen LogP contribution in [0.15, 0.2) is 48.5 Å². The molecule has 0 saturated heterocycles. The molecule has 3 aliphatic carbocycles. The Morgan fingerprint density at radius 3 is 2.30 bits per heavy atom. The van der Waals surface area contributed by atoms with Gasteiger partial charge in [0.25, 0.3) is 0 Å². The number of ether oxygens (including phenoxy) is 3. The number of aromatic hydroxyl groups is 1. The van der Waals surface area contributed by atoms with Crippen molar-refractivity contribution in [3.8, 4) is 28.4 Å². The van der Waals surface area contributed by atoms with Gasteiger partial charge in [-0.1, -0.05) is 56.4 Å². The third-order valence-electron chi connectivity index (χ3n) is 8.93. The van der Waals surface area contributed by atoms with E-state index in [2.05, 4.69) is 36.4 Å². The van der Waals surface area contributed by atoms with Crippen molar-refractivity contribution >= 4 is 11.6 Å². The van der Waals surface area contributed by atoms with Crippen molar-refractivity contribution in [2.75, 3.05) is 21.3 Å². The van der Waals surface area contributed by atoms with Crippen LogP contribution in [0.3, 0.4) is 0 Å². The van der Waals surface area contributed by atoms with E-state index in [1.807, 2.05) is 18.2 Å². The lowest BCUT2D eigenvalue weighted by atomic mass is 9.69. The lowest BCUT2D eigenvalue weighted by molar-refractivity contribution is 0.148. The molecule has 0 aliphatic heterocycles. The first-order valence-corrected chi connectivity index (χ1v) is 13.6. The monoisotopic (exact) mass is 496 g/mol. The predicted octanol–water partition coefficient (Wildman–Crippen LogP) is 7.53. The summed E-state index contributed by atoms with van der Waals surface area (Å²) in [5.74, 6) is 1.84. The number of rotatable bonds is 4. The smallest absolute Gasteiger partial charge is 0.130 e. The molecule has 1 spiro atoms. The van der Waals surface area contributed by atoms with Gasteiger partial charge in [-0.25, -0.2) is 0 Å². The maximum absolute atomic E-state index is 11.5. The Balaban J connectivity index is 1.57. The molecule has 0 radical (unpaired) electrons. The fourth-order valence-electron chi connectivity index (χ4n) is 7.15. The number of hydrogen-bond acceptors (Lipinski definition) is 4. The van der Waals surface area contributed by atoms with Crippen LogP contribution in [0.5, 0.6) is 17.2 Å². The van der Waals surface area contributed by atoms with Crippen LogP contribution in [-0.2, 0) is 16.6 Å². The van der Waals surface area contributed by atoms with Crippen molar-refractivity contribution in [2.24, 2.45) is 0 Å². The van der Waals surface area contributed by atoms with E-state index in [0.717, 1.165) is 41.0 Å². The van der Waals surface area contributed by atoms with Crippen LogP contribution >= 0.6 is 0 Å². The molecule has 1 fully saturated rings. The van der Waals surface area contributed by atoms with Gasteiger partial charge < -0.3 is 19.3 Å². The van der Waals surface area contributed by atoms with Gasteiger partial charge >= 0.3 is 0 Å². The molecule has 0 aromatic heterocycles. The van der Waals surface area contributed by atoms with Crippen molar-refractivity contribution in [1.29, 1.82) is 0 Å². The van der Waals surface area contributed by atoms with Crippen LogP contribution in [0.2, 0.25) is 0 Å². The van der Waals surface area contributed by atoms with Gasteiger partial charge in [0, 0.05) is 36.1 Å². The van der Waals surface area contributed by atoms with Gasteiger partial charge in [0.2, 0.25) is 0 Å². The fraction of sp³-hybridized carbons (Fsp3) is 0.394. The summed E-state index contributed by atoms with van der Waals surface area (Å²) in [5.41, 5.74) is 9.48. The Labute approximate surface area is 219 Å². The number of fused-ring (bicyclic) bond motifs is 7. The largest absolute Gasteiger partial charge is 0.507 e. The van der Waals surface area contributed by atoms with Crippen molar-refractivity contribution < 1.29 is 19.3 Å². The summed E-state index contributed by atoms with van der Waals surface area (Å²) in [6.45, 7) is 0. The topological polar surface area (TPSA) is 47.9 Å². The second-order valence-corrected chi connectivity index (χ2v) is 10.7. The van der Waals surface area contributed by atoms with Crippen molar-refractivity contribution in [3.63, 3.8) is 0 Å².